The second-order valence-corrected chi connectivity index (χ2v) is 10.1. The van der Waals surface area contributed by atoms with E-state index in [2.05, 4.69) is 87.8 Å². The molecule has 7 heteroatoms. The Kier molecular flexibility index (Phi) is 7.06. The fraction of sp³-hybridized carbons (Fsp3) is 0.219. The van der Waals surface area contributed by atoms with Crippen molar-refractivity contribution in [1.82, 2.24) is 19.4 Å². The molecule has 0 spiro atoms. The highest BCUT2D eigenvalue weighted by Crippen LogP contribution is 2.22. The molecule has 3 heterocycles. The molecule has 0 bridgehead atoms. The normalized spacial score (nSPS) is 14.0. The van der Waals surface area contributed by atoms with Crippen molar-refractivity contribution in [3.05, 3.63) is 113 Å². The number of nitrogens with zero attached hydrogens (tertiary/aromatic N) is 5. The maximum Gasteiger partial charge on any atom is 0.252 e. The molecule has 0 amide bonds. The van der Waals surface area contributed by atoms with Gasteiger partial charge in [-0.25, -0.2) is 4.98 Å². The smallest absolute Gasteiger partial charge is 0.252 e. The third kappa shape index (κ3) is 5.68. The number of anilines is 3. The molecule has 6 rings (SSSR count). The quantitative estimate of drug-likeness (QED) is 0.321. The molecule has 0 radical (unpaired) electrons. The summed E-state index contributed by atoms with van der Waals surface area (Å²) >= 11 is 0. The Morgan fingerprint density at radius 1 is 0.795 bits per heavy atom. The van der Waals surface area contributed by atoms with Crippen LogP contribution in [0.4, 0.5) is 17.3 Å². The van der Waals surface area contributed by atoms with Gasteiger partial charge in [-0.3, -0.25) is 9.36 Å². The summed E-state index contributed by atoms with van der Waals surface area (Å²) in [4.78, 5) is 26.8. The molecule has 7 nitrogen and oxygen atoms in total. The first-order valence-electron chi connectivity index (χ1n) is 13.4. The van der Waals surface area contributed by atoms with Gasteiger partial charge in [-0.05, 0) is 60.5 Å². The van der Waals surface area contributed by atoms with Crippen LogP contribution >= 0.6 is 0 Å². The predicted octanol–water partition coefficient (Wildman–Crippen LogP) is 5.20. The maximum absolute atomic E-state index is 12.8. The lowest BCUT2D eigenvalue weighted by atomic mass is 10.0. The molecule has 0 saturated carbocycles. The summed E-state index contributed by atoms with van der Waals surface area (Å²) in [7, 11) is 2.16. The highest BCUT2D eigenvalue weighted by Gasteiger charge is 2.14. The summed E-state index contributed by atoms with van der Waals surface area (Å²) in [6.45, 7) is 4.76. The first kappa shape index (κ1) is 24.8. The van der Waals surface area contributed by atoms with E-state index >= 15 is 0 Å². The molecule has 39 heavy (non-hydrogen) atoms. The van der Waals surface area contributed by atoms with Gasteiger partial charge in [0.15, 0.2) is 0 Å². The molecular weight excluding hydrogens is 484 g/mol. The van der Waals surface area contributed by atoms with Crippen LogP contribution in [-0.2, 0) is 13.0 Å². The minimum absolute atomic E-state index is 0.0652. The summed E-state index contributed by atoms with van der Waals surface area (Å²) in [6.07, 6.45) is 2.50. The monoisotopic (exact) mass is 516 g/mol. The number of nitrogens with one attached hydrogen (secondary N) is 1. The van der Waals surface area contributed by atoms with Gasteiger partial charge < -0.3 is 15.1 Å². The number of piperazine rings is 1. The molecular formula is C32H32N6O. The molecule has 196 valence electrons. The van der Waals surface area contributed by atoms with Gasteiger partial charge in [0.05, 0.1) is 0 Å². The summed E-state index contributed by atoms with van der Waals surface area (Å²) in [5.41, 5.74) is 6.25. The van der Waals surface area contributed by atoms with Crippen LogP contribution in [0.1, 0.15) is 5.56 Å². The van der Waals surface area contributed by atoms with Gasteiger partial charge in [0, 0.05) is 61.7 Å². The molecule has 1 fully saturated rings. The van der Waals surface area contributed by atoms with Crippen LogP contribution in [-0.4, -0.2) is 52.7 Å². The zero-order valence-corrected chi connectivity index (χ0v) is 22.1. The maximum atomic E-state index is 12.8. The minimum atomic E-state index is -0.0652. The van der Waals surface area contributed by atoms with E-state index in [1.54, 1.807) is 22.9 Å². The number of hydrogen-bond donors (Lipinski definition) is 1. The molecule has 0 unspecified atom stereocenters. The summed E-state index contributed by atoms with van der Waals surface area (Å²) in [5.74, 6) is 0.474. The fourth-order valence-corrected chi connectivity index (χ4v) is 5.03. The standard InChI is InChI=1S/C32H32N6O/c1-36-19-21-37(22-20-36)29-14-12-28(13-15-29)34-32-33-23-27-11-16-30(39)38(31(27)35-32)18-17-24-7-9-26(10-8-24)25-5-3-2-4-6-25/h2-16,23H,17-22H2,1H3,(H,33,34,35). The molecule has 1 N–H and O–H groups in total. The van der Waals surface area contributed by atoms with Gasteiger partial charge in [0.1, 0.15) is 5.65 Å². The van der Waals surface area contributed by atoms with E-state index in [1.807, 2.05) is 18.2 Å². The van der Waals surface area contributed by atoms with Crippen molar-refractivity contribution in [3.63, 3.8) is 0 Å². The Morgan fingerprint density at radius 3 is 2.26 bits per heavy atom. The second kappa shape index (κ2) is 11.1. The predicted molar refractivity (Wildman–Crippen MR) is 159 cm³/mol. The highest BCUT2D eigenvalue weighted by atomic mass is 16.1. The fourth-order valence-electron chi connectivity index (χ4n) is 5.03. The van der Waals surface area contributed by atoms with Crippen molar-refractivity contribution in [3.8, 4) is 11.1 Å². The van der Waals surface area contributed by atoms with Crippen molar-refractivity contribution in [2.45, 2.75) is 13.0 Å². The van der Waals surface area contributed by atoms with E-state index in [1.165, 1.54) is 22.4 Å². The molecule has 5 aromatic rings. The van der Waals surface area contributed by atoms with E-state index in [9.17, 15) is 4.79 Å². The number of rotatable bonds is 7. The van der Waals surface area contributed by atoms with Crippen LogP contribution in [0.15, 0.2) is 102 Å². The van der Waals surface area contributed by atoms with Crippen LogP contribution in [0.25, 0.3) is 22.2 Å². The molecule has 1 aliphatic rings. The number of hydrogen-bond acceptors (Lipinski definition) is 6. The van der Waals surface area contributed by atoms with Crippen LogP contribution in [0.3, 0.4) is 0 Å². The highest BCUT2D eigenvalue weighted by molar-refractivity contribution is 5.75. The Balaban J connectivity index is 1.17. The Hall–Kier alpha value is -4.49. The van der Waals surface area contributed by atoms with E-state index in [0.29, 0.717) is 18.1 Å². The van der Waals surface area contributed by atoms with Crippen LogP contribution < -0.4 is 15.8 Å². The lowest BCUT2D eigenvalue weighted by Gasteiger charge is -2.34. The number of fused-ring (bicyclic) bond motifs is 1. The summed E-state index contributed by atoms with van der Waals surface area (Å²) in [5, 5.41) is 4.15. The van der Waals surface area contributed by atoms with E-state index in [0.717, 1.165) is 43.7 Å². The summed E-state index contributed by atoms with van der Waals surface area (Å²) in [6, 6.07) is 30.6. The Morgan fingerprint density at radius 2 is 1.51 bits per heavy atom. The molecule has 2 aromatic heterocycles. The molecule has 0 atom stereocenters. The summed E-state index contributed by atoms with van der Waals surface area (Å²) < 4.78 is 1.74. The average Bonchev–Trinajstić information content (AvgIpc) is 2.98. The molecule has 1 aliphatic heterocycles. The number of aryl methyl sites for hydroxylation is 2. The van der Waals surface area contributed by atoms with Crippen molar-refractivity contribution in [2.24, 2.45) is 0 Å². The van der Waals surface area contributed by atoms with Crippen molar-refractivity contribution in [2.75, 3.05) is 43.4 Å². The molecule has 1 saturated heterocycles. The third-order valence-corrected chi connectivity index (χ3v) is 7.40. The van der Waals surface area contributed by atoms with Crippen molar-refractivity contribution >= 4 is 28.4 Å². The van der Waals surface area contributed by atoms with Crippen molar-refractivity contribution in [1.29, 1.82) is 0 Å². The zero-order valence-electron chi connectivity index (χ0n) is 22.1. The average molecular weight is 517 g/mol. The van der Waals surface area contributed by atoms with Gasteiger partial charge in [-0.15, -0.1) is 0 Å². The minimum Gasteiger partial charge on any atom is -0.369 e. The second-order valence-electron chi connectivity index (χ2n) is 10.1. The SMILES string of the molecule is CN1CCN(c2ccc(Nc3ncc4ccc(=O)n(CCc5ccc(-c6ccccc6)cc5)c4n3)cc2)CC1. The van der Waals surface area contributed by atoms with Crippen LogP contribution in [0.5, 0.6) is 0 Å². The lowest BCUT2D eigenvalue weighted by molar-refractivity contribution is 0.313. The van der Waals surface area contributed by atoms with Gasteiger partial charge in [-0.2, -0.15) is 4.98 Å². The van der Waals surface area contributed by atoms with Gasteiger partial charge >= 0.3 is 0 Å². The first-order chi connectivity index (χ1) is 19.1. The van der Waals surface area contributed by atoms with Gasteiger partial charge in [0.25, 0.3) is 5.56 Å². The van der Waals surface area contributed by atoms with Crippen molar-refractivity contribution < 1.29 is 0 Å². The largest absolute Gasteiger partial charge is 0.369 e. The van der Waals surface area contributed by atoms with E-state index < -0.39 is 0 Å². The van der Waals surface area contributed by atoms with Crippen LogP contribution in [0, 0.1) is 0 Å². The Bertz CT molecular complexity index is 1610. The number of pyridine rings is 1. The Labute approximate surface area is 228 Å². The topological polar surface area (TPSA) is 66.3 Å². The van der Waals surface area contributed by atoms with Gasteiger partial charge in [-0.1, -0.05) is 54.6 Å². The lowest BCUT2D eigenvalue weighted by Crippen LogP contribution is -2.44. The third-order valence-electron chi connectivity index (χ3n) is 7.40. The molecule has 3 aromatic carbocycles. The van der Waals surface area contributed by atoms with Gasteiger partial charge in [0.2, 0.25) is 5.95 Å². The zero-order chi connectivity index (χ0) is 26.6. The van der Waals surface area contributed by atoms with Crippen LogP contribution in [0.2, 0.25) is 0 Å². The first-order valence-corrected chi connectivity index (χ1v) is 13.4. The van der Waals surface area contributed by atoms with E-state index in [4.69, 9.17) is 4.98 Å². The number of aromatic nitrogens is 3. The molecule has 0 aliphatic carbocycles. The number of likely N-dealkylation sites (N-methyl/N-ethyl adjacent to an activating group) is 1. The number of benzene rings is 3. The van der Waals surface area contributed by atoms with E-state index in [-0.39, 0.29) is 5.56 Å².